The Morgan fingerprint density at radius 1 is 1.58 bits per heavy atom. The van der Waals surface area contributed by atoms with Gasteiger partial charge in [0.2, 0.25) is 0 Å². The van der Waals surface area contributed by atoms with Crippen molar-refractivity contribution in [2.75, 3.05) is 19.7 Å². The van der Waals surface area contributed by atoms with Gasteiger partial charge in [-0.3, -0.25) is 0 Å². The first-order valence-electron chi connectivity index (χ1n) is 4.79. The van der Waals surface area contributed by atoms with Crippen LogP contribution in [-0.4, -0.2) is 30.6 Å². The molecule has 0 amide bonds. The highest BCUT2D eigenvalue weighted by atomic mass is 16.6. The normalized spacial score (nSPS) is 25.5. The van der Waals surface area contributed by atoms with E-state index in [9.17, 15) is 0 Å². The van der Waals surface area contributed by atoms with E-state index in [1.54, 1.807) is 0 Å². The maximum Gasteiger partial charge on any atom is 0.0682 e. The highest BCUT2D eigenvalue weighted by Crippen LogP contribution is 2.20. The van der Waals surface area contributed by atoms with Gasteiger partial charge >= 0.3 is 0 Å². The molecule has 3 nitrogen and oxygen atoms in total. The van der Waals surface area contributed by atoms with E-state index in [-0.39, 0.29) is 0 Å². The van der Waals surface area contributed by atoms with E-state index >= 15 is 0 Å². The molecular formula is C9H20N2O. The molecule has 0 radical (unpaired) electrons. The summed E-state index contributed by atoms with van der Waals surface area (Å²) < 4.78 is 0. The third-order valence-electron chi connectivity index (χ3n) is 2.69. The van der Waals surface area contributed by atoms with Gasteiger partial charge in [-0.15, -0.1) is 0 Å². The van der Waals surface area contributed by atoms with E-state index in [1.807, 2.05) is 0 Å². The van der Waals surface area contributed by atoms with Crippen molar-refractivity contribution in [3.05, 3.63) is 0 Å². The Morgan fingerprint density at radius 2 is 2.33 bits per heavy atom. The zero-order chi connectivity index (χ0) is 8.97. The van der Waals surface area contributed by atoms with Crippen molar-refractivity contribution in [3.63, 3.8) is 0 Å². The number of rotatable bonds is 4. The Hall–Kier alpha value is -0.120. The average molecular weight is 172 g/mol. The van der Waals surface area contributed by atoms with E-state index in [0.29, 0.717) is 12.6 Å². The Labute approximate surface area is 74.8 Å². The number of hydrogen-bond acceptors (Lipinski definition) is 3. The number of hydrogen-bond donors (Lipinski definition) is 1. The fourth-order valence-electron chi connectivity index (χ4n) is 1.80. The van der Waals surface area contributed by atoms with Gasteiger partial charge in [0.05, 0.1) is 6.61 Å². The first-order chi connectivity index (χ1) is 5.74. The molecule has 0 spiro atoms. The van der Waals surface area contributed by atoms with E-state index < -0.39 is 0 Å². The summed E-state index contributed by atoms with van der Waals surface area (Å²) in [6.07, 6.45) is 2.42. The first kappa shape index (κ1) is 9.96. The van der Waals surface area contributed by atoms with Crippen molar-refractivity contribution in [1.82, 2.24) is 4.90 Å². The molecule has 1 unspecified atom stereocenters. The van der Waals surface area contributed by atoms with Crippen LogP contribution in [0.5, 0.6) is 0 Å². The Bertz CT molecular complexity index is 128. The van der Waals surface area contributed by atoms with Crippen LogP contribution in [-0.2, 0) is 4.84 Å². The Morgan fingerprint density at radius 3 is 2.83 bits per heavy atom. The summed E-state index contributed by atoms with van der Waals surface area (Å²) in [6.45, 7) is 7.67. The minimum Gasteiger partial charge on any atom is -0.305 e. The molecule has 72 valence electrons. The predicted octanol–water partition coefficient (Wildman–Crippen LogP) is 0.997. The van der Waals surface area contributed by atoms with Crippen LogP contribution in [0.4, 0.5) is 0 Å². The fraction of sp³-hybridized carbons (Fsp3) is 1.00. The monoisotopic (exact) mass is 172 g/mol. The zero-order valence-electron chi connectivity index (χ0n) is 8.12. The molecule has 0 aliphatic carbocycles. The first-order valence-corrected chi connectivity index (χ1v) is 4.79. The van der Waals surface area contributed by atoms with Gasteiger partial charge in [-0.25, -0.2) is 5.90 Å². The molecule has 1 rings (SSSR count). The molecule has 1 heterocycles. The molecule has 0 aromatic carbocycles. The summed E-state index contributed by atoms with van der Waals surface area (Å²) in [5.74, 6) is 5.79. The highest BCUT2D eigenvalue weighted by Gasteiger charge is 2.23. The van der Waals surface area contributed by atoms with Crippen LogP contribution in [0.3, 0.4) is 0 Å². The van der Waals surface area contributed by atoms with Crippen molar-refractivity contribution in [2.24, 2.45) is 11.8 Å². The molecule has 0 saturated carbocycles. The van der Waals surface area contributed by atoms with Gasteiger partial charge in [0.15, 0.2) is 0 Å². The summed E-state index contributed by atoms with van der Waals surface area (Å²) in [7, 11) is 0. The van der Waals surface area contributed by atoms with Crippen LogP contribution in [0.1, 0.15) is 26.7 Å². The summed E-state index contributed by atoms with van der Waals surface area (Å²) in [4.78, 5) is 7.10. The standard InChI is InChI=1S/C9H20N2O/c1-8(2)11-5-3-9(7-11)4-6-12-10/h8-9H,3-7,10H2,1-2H3. The van der Waals surface area contributed by atoms with Gasteiger partial charge in [0.25, 0.3) is 0 Å². The quantitative estimate of drug-likeness (QED) is 0.643. The van der Waals surface area contributed by atoms with Gasteiger partial charge in [0.1, 0.15) is 0 Å². The molecule has 1 atom stereocenters. The lowest BCUT2D eigenvalue weighted by molar-refractivity contribution is 0.122. The number of nitrogens with two attached hydrogens (primary N) is 1. The van der Waals surface area contributed by atoms with Crippen molar-refractivity contribution in [3.8, 4) is 0 Å². The van der Waals surface area contributed by atoms with Crippen LogP contribution in [0.25, 0.3) is 0 Å². The summed E-state index contributed by atoms with van der Waals surface area (Å²) in [6, 6.07) is 0.689. The summed E-state index contributed by atoms with van der Waals surface area (Å²) >= 11 is 0. The maximum atomic E-state index is 4.99. The second-order valence-electron chi connectivity index (χ2n) is 3.90. The van der Waals surface area contributed by atoms with Crippen LogP contribution in [0.2, 0.25) is 0 Å². The summed E-state index contributed by atoms with van der Waals surface area (Å²) in [5, 5.41) is 0. The van der Waals surface area contributed by atoms with E-state index in [4.69, 9.17) is 5.90 Å². The van der Waals surface area contributed by atoms with Crippen LogP contribution in [0, 0.1) is 5.92 Å². The summed E-state index contributed by atoms with van der Waals surface area (Å²) in [5.41, 5.74) is 0. The van der Waals surface area contributed by atoms with Crippen molar-refractivity contribution in [2.45, 2.75) is 32.7 Å². The number of likely N-dealkylation sites (tertiary alicyclic amines) is 1. The molecule has 3 heteroatoms. The van der Waals surface area contributed by atoms with Crippen molar-refractivity contribution < 1.29 is 4.84 Å². The van der Waals surface area contributed by atoms with Crippen LogP contribution >= 0.6 is 0 Å². The second kappa shape index (κ2) is 4.80. The maximum absolute atomic E-state index is 4.99. The smallest absolute Gasteiger partial charge is 0.0682 e. The second-order valence-corrected chi connectivity index (χ2v) is 3.90. The molecule has 1 aliphatic rings. The minimum absolute atomic E-state index is 0.689. The molecular weight excluding hydrogens is 152 g/mol. The van der Waals surface area contributed by atoms with Gasteiger partial charge in [-0.2, -0.15) is 0 Å². The van der Waals surface area contributed by atoms with E-state index in [1.165, 1.54) is 19.5 Å². The Kier molecular flexibility index (Phi) is 3.98. The highest BCUT2D eigenvalue weighted by molar-refractivity contribution is 4.77. The van der Waals surface area contributed by atoms with E-state index in [0.717, 1.165) is 12.3 Å². The minimum atomic E-state index is 0.689. The third kappa shape index (κ3) is 2.73. The number of nitrogens with zero attached hydrogens (tertiary/aromatic N) is 1. The topological polar surface area (TPSA) is 38.5 Å². The van der Waals surface area contributed by atoms with Crippen molar-refractivity contribution in [1.29, 1.82) is 0 Å². The molecule has 0 aromatic rings. The lowest BCUT2D eigenvalue weighted by Gasteiger charge is -2.20. The SMILES string of the molecule is CC(C)N1CCC(CCON)C1. The molecule has 0 bridgehead atoms. The van der Waals surface area contributed by atoms with Gasteiger partial charge < -0.3 is 9.74 Å². The average Bonchev–Trinajstić information content (AvgIpc) is 2.48. The van der Waals surface area contributed by atoms with Crippen molar-refractivity contribution >= 4 is 0 Å². The molecule has 1 aliphatic heterocycles. The van der Waals surface area contributed by atoms with E-state index in [2.05, 4.69) is 23.6 Å². The molecule has 12 heavy (non-hydrogen) atoms. The molecule has 0 aromatic heterocycles. The lowest BCUT2D eigenvalue weighted by Crippen LogP contribution is -2.28. The molecule has 1 saturated heterocycles. The third-order valence-corrected chi connectivity index (χ3v) is 2.69. The van der Waals surface area contributed by atoms with Crippen LogP contribution < -0.4 is 5.90 Å². The molecule has 1 fully saturated rings. The molecule has 2 N–H and O–H groups in total. The van der Waals surface area contributed by atoms with Gasteiger partial charge in [-0.1, -0.05) is 0 Å². The van der Waals surface area contributed by atoms with Gasteiger partial charge in [0, 0.05) is 12.6 Å². The van der Waals surface area contributed by atoms with Crippen LogP contribution in [0.15, 0.2) is 0 Å². The lowest BCUT2D eigenvalue weighted by atomic mass is 10.1. The Balaban J connectivity index is 2.17. The predicted molar refractivity (Wildman–Crippen MR) is 49.6 cm³/mol. The van der Waals surface area contributed by atoms with Gasteiger partial charge in [-0.05, 0) is 39.2 Å². The largest absolute Gasteiger partial charge is 0.305 e. The zero-order valence-corrected chi connectivity index (χ0v) is 8.12. The fourth-order valence-corrected chi connectivity index (χ4v) is 1.80.